The maximum atomic E-state index is 4.97. The smallest absolute Gasteiger partial charge is 0.337 e. The van der Waals surface area contributed by atoms with Crippen LogP contribution in [0, 0.1) is 6.92 Å². The third-order valence-electron chi connectivity index (χ3n) is 4.87. The molecule has 0 saturated carbocycles. The van der Waals surface area contributed by atoms with E-state index in [2.05, 4.69) is 69.8 Å². The number of H-pyrrole nitrogens is 1. The molecule has 0 fully saturated rings. The molecule has 0 spiro atoms. The molecule has 0 unspecified atom stereocenters. The molecule has 0 saturated heterocycles. The molecule has 5 aromatic rings. The van der Waals surface area contributed by atoms with Crippen molar-refractivity contribution < 1.29 is 9.13 Å². The molecule has 4 nitrogen and oxygen atoms in total. The van der Waals surface area contributed by atoms with Gasteiger partial charge in [0.1, 0.15) is 11.3 Å². The van der Waals surface area contributed by atoms with E-state index in [1.807, 2.05) is 0 Å². The van der Waals surface area contributed by atoms with Crippen molar-refractivity contribution in [3.63, 3.8) is 0 Å². The molecule has 0 bridgehead atoms. The number of pyridine rings is 2. The lowest BCUT2D eigenvalue weighted by molar-refractivity contribution is -0.872. The zero-order valence-corrected chi connectivity index (χ0v) is 13.9. The highest BCUT2D eigenvalue weighted by Gasteiger charge is 2.33. The van der Waals surface area contributed by atoms with Gasteiger partial charge in [-0.15, -0.1) is 20.5 Å². The lowest BCUT2D eigenvalue weighted by Crippen LogP contribution is -2.45. The lowest BCUT2D eigenvalue weighted by atomic mass is 10.1. The Balaban J connectivity index is 1.84. The minimum atomic E-state index is 0.869. The molecule has 5 heterocycles. The van der Waals surface area contributed by atoms with E-state index < -0.39 is 0 Å². The molecule has 5 heteroatoms. The molecule has 1 N–H and O–H groups in total. The van der Waals surface area contributed by atoms with Crippen LogP contribution < -0.4 is 9.13 Å². The number of thiophene rings is 1. The van der Waals surface area contributed by atoms with Crippen molar-refractivity contribution in [1.82, 2.24) is 9.97 Å². The van der Waals surface area contributed by atoms with Crippen LogP contribution in [0.25, 0.3) is 43.5 Å². The number of hydrogen-bond acceptors (Lipinski definition) is 2. The summed E-state index contributed by atoms with van der Waals surface area (Å²) >= 11 is 1.78. The van der Waals surface area contributed by atoms with E-state index in [1.165, 1.54) is 31.6 Å². The second kappa shape index (κ2) is 4.19. The lowest BCUT2D eigenvalue weighted by Gasteiger charge is -1.95. The first-order valence-electron chi connectivity index (χ1n) is 8.02. The molecule has 0 radical (unpaired) electrons. The first-order chi connectivity index (χ1) is 11.8. The monoisotopic (exact) mass is 330 g/mol. The number of hydrogen-bond donors (Lipinski definition) is 1. The van der Waals surface area contributed by atoms with Crippen LogP contribution >= 0.6 is 11.3 Å². The minimum absolute atomic E-state index is 0.869. The van der Waals surface area contributed by atoms with Crippen LogP contribution in [0.1, 0.15) is 4.88 Å². The van der Waals surface area contributed by atoms with Gasteiger partial charge >= 0.3 is 6.67 Å². The van der Waals surface area contributed by atoms with Crippen LogP contribution in [0.5, 0.6) is 0 Å². The van der Waals surface area contributed by atoms with Crippen LogP contribution in [0.3, 0.4) is 0 Å². The number of fused-ring (bicyclic) bond motifs is 3. The zero-order valence-electron chi connectivity index (χ0n) is 13.1. The second-order valence-electron chi connectivity index (χ2n) is 6.34. The van der Waals surface area contributed by atoms with E-state index in [-0.39, 0.29) is 0 Å². The average molecular weight is 330 g/mol. The van der Waals surface area contributed by atoms with Gasteiger partial charge in [0.05, 0.1) is 21.2 Å². The van der Waals surface area contributed by atoms with Crippen LogP contribution in [0.15, 0.2) is 48.8 Å². The molecule has 1 aliphatic rings. The molecule has 1 aliphatic heterocycles. The van der Waals surface area contributed by atoms with Crippen molar-refractivity contribution in [2.45, 2.75) is 13.6 Å². The van der Waals surface area contributed by atoms with Crippen molar-refractivity contribution in [2.24, 2.45) is 0 Å². The fraction of sp³-hybridized carbons (Fsp3) is 0.105. The quantitative estimate of drug-likeness (QED) is 0.364. The Morgan fingerprint density at radius 1 is 1.00 bits per heavy atom. The first kappa shape index (κ1) is 12.6. The Morgan fingerprint density at radius 2 is 1.75 bits per heavy atom. The number of nitrogens with one attached hydrogen (secondary N) is 1. The SMILES string of the molecule is Cc1ccc(-c2nc3c4ccc[n+]5c4c4c(ccc[n+]4C5)c3[nH]2)s1. The van der Waals surface area contributed by atoms with E-state index in [0.29, 0.717) is 0 Å². The third-order valence-corrected chi connectivity index (χ3v) is 5.88. The highest BCUT2D eigenvalue weighted by atomic mass is 32.1. The van der Waals surface area contributed by atoms with Gasteiger partial charge < -0.3 is 4.98 Å². The summed E-state index contributed by atoms with van der Waals surface area (Å²) in [7, 11) is 0. The summed E-state index contributed by atoms with van der Waals surface area (Å²) in [5, 5.41) is 2.46. The number of aromatic amines is 1. The van der Waals surface area contributed by atoms with Crippen molar-refractivity contribution >= 4 is 44.2 Å². The fourth-order valence-electron chi connectivity index (χ4n) is 3.86. The Morgan fingerprint density at radius 3 is 2.50 bits per heavy atom. The topological polar surface area (TPSA) is 36.4 Å². The summed E-state index contributed by atoms with van der Waals surface area (Å²) in [6.07, 6.45) is 4.30. The third kappa shape index (κ3) is 1.45. The Bertz CT molecular complexity index is 1220. The summed E-state index contributed by atoms with van der Waals surface area (Å²) in [6, 6.07) is 12.9. The van der Waals surface area contributed by atoms with Crippen molar-refractivity contribution in [2.75, 3.05) is 0 Å². The molecule has 1 aromatic carbocycles. The van der Waals surface area contributed by atoms with Crippen LogP contribution in [0.2, 0.25) is 0 Å². The molecule has 0 aliphatic carbocycles. The summed E-state index contributed by atoms with van der Waals surface area (Å²) in [6.45, 7) is 3.00. The molecule has 6 rings (SSSR count). The molecule has 0 amide bonds. The van der Waals surface area contributed by atoms with Crippen molar-refractivity contribution in [1.29, 1.82) is 0 Å². The number of benzene rings is 1. The van der Waals surface area contributed by atoms with Crippen LogP contribution in [0.4, 0.5) is 0 Å². The van der Waals surface area contributed by atoms with Gasteiger partial charge in [-0.1, -0.05) is 0 Å². The van der Waals surface area contributed by atoms with Gasteiger partial charge in [0.25, 0.3) is 11.0 Å². The molecular weight excluding hydrogens is 316 g/mol. The summed E-state index contributed by atoms with van der Waals surface area (Å²) in [4.78, 5) is 11.1. The molecule has 114 valence electrons. The van der Waals surface area contributed by atoms with E-state index in [9.17, 15) is 0 Å². The van der Waals surface area contributed by atoms with Crippen molar-refractivity contribution in [3.05, 3.63) is 53.7 Å². The van der Waals surface area contributed by atoms with E-state index in [4.69, 9.17) is 4.98 Å². The standard InChI is InChI=1S/C19H13N4S/c1-11-6-7-14(24-11)19-20-15-12-4-2-8-22-10-23-9-3-5-13(16(15)21-19)18(23)17(12)22/h2-9H,10H2,1H3/q+1/p+1. The van der Waals surface area contributed by atoms with E-state index in [0.717, 1.165) is 23.5 Å². The number of rotatable bonds is 1. The van der Waals surface area contributed by atoms with E-state index >= 15 is 0 Å². The first-order valence-corrected chi connectivity index (χ1v) is 8.84. The van der Waals surface area contributed by atoms with E-state index in [1.54, 1.807) is 11.3 Å². The Kier molecular flexibility index (Phi) is 2.20. The van der Waals surface area contributed by atoms with Gasteiger partial charge in [-0.25, -0.2) is 4.98 Å². The zero-order chi connectivity index (χ0) is 15.8. The Hall–Kier alpha value is -2.79. The summed E-state index contributed by atoms with van der Waals surface area (Å²) in [5.41, 5.74) is 4.76. The number of aromatic nitrogens is 4. The van der Waals surface area contributed by atoms with Crippen molar-refractivity contribution in [3.8, 4) is 10.7 Å². The summed E-state index contributed by atoms with van der Waals surface area (Å²) < 4.78 is 4.62. The molecule has 4 aromatic heterocycles. The van der Waals surface area contributed by atoms with Crippen LogP contribution in [-0.4, -0.2) is 9.97 Å². The molecule has 24 heavy (non-hydrogen) atoms. The maximum absolute atomic E-state index is 4.97. The highest BCUT2D eigenvalue weighted by molar-refractivity contribution is 7.15. The fourth-order valence-corrected chi connectivity index (χ4v) is 4.68. The highest BCUT2D eigenvalue weighted by Crippen LogP contribution is 2.34. The van der Waals surface area contributed by atoms with Crippen LogP contribution in [-0.2, 0) is 6.67 Å². The van der Waals surface area contributed by atoms with Gasteiger partial charge in [0.2, 0.25) is 0 Å². The van der Waals surface area contributed by atoms with Gasteiger partial charge in [-0.2, -0.15) is 0 Å². The Labute approximate surface area is 141 Å². The average Bonchev–Trinajstić information content (AvgIpc) is 3.29. The molecular formula is C19H14N4S+2. The molecule has 0 atom stereocenters. The predicted octanol–water partition coefficient (Wildman–Crippen LogP) is 3.30. The van der Waals surface area contributed by atoms with Gasteiger partial charge in [-0.05, 0) is 31.2 Å². The largest absolute Gasteiger partial charge is 0.345 e. The van der Waals surface area contributed by atoms with Gasteiger partial charge in [0, 0.05) is 17.0 Å². The number of nitrogens with zero attached hydrogens (tertiary/aromatic N) is 3. The second-order valence-corrected chi connectivity index (χ2v) is 7.63. The number of aryl methyl sites for hydroxylation is 1. The van der Waals surface area contributed by atoms with Gasteiger partial charge in [-0.3, -0.25) is 0 Å². The normalized spacial score (nSPS) is 13.0. The summed E-state index contributed by atoms with van der Waals surface area (Å²) in [5.74, 6) is 0.961. The predicted molar refractivity (Wildman–Crippen MR) is 94.9 cm³/mol. The van der Waals surface area contributed by atoms with Gasteiger partial charge in [0.15, 0.2) is 12.4 Å². The number of imidazole rings is 1. The minimum Gasteiger partial charge on any atom is -0.337 e. The maximum Gasteiger partial charge on any atom is 0.345 e.